The summed E-state index contributed by atoms with van der Waals surface area (Å²) in [6, 6.07) is 13.1. The highest BCUT2D eigenvalue weighted by Crippen LogP contribution is 2.28. The number of amides is 1. The van der Waals surface area contributed by atoms with Crippen LogP contribution in [-0.2, 0) is 11.4 Å². The first-order valence-corrected chi connectivity index (χ1v) is 7.37. The molecule has 0 saturated carbocycles. The number of hydrogen-bond donors (Lipinski definition) is 1. The van der Waals surface area contributed by atoms with Gasteiger partial charge >= 0.3 is 0 Å². The lowest BCUT2D eigenvalue weighted by Gasteiger charge is -2.11. The Kier molecular flexibility index (Phi) is 6.48. The fourth-order valence-electron chi connectivity index (χ4n) is 1.94. The van der Waals surface area contributed by atoms with Crippen molar-refractivity contribution in [2.75, 3.05) is 7.11 Å². The zero-order chi connectivity index (χ0) is 18.1. The molecule has 2 aromatic rings. The molecule has 25 heavy (non-hydrogen) atoms. The Labute approximate surface area is 144 Å². The summed E-state index contributed by atoms with van der Waals surface area (Å²) in [7, 11) is 1.49. The van der Waals surface area contributed by atoms with Gasteiger partial charge in [-0.1, -0.05) is 18.2 Å². The molecule has 2 aromatic carbocycles. The zero-order valence-electron chi connectivity index (χ0n) is 13.5. The maximum Gasteiger partial charge on any atom is 0.254 e. The first-order chi connectivity index (χ1) is 12.1. The van der Waals surface area contributed by atoms with Gasteiger partial charge in [-0.25, -0.2) is 9.82 Å². The summed E-state index contributed by atoms with van der Waals surface area (Å²) in [5.41, 5.74) is 3.33. The fraction of sp³-hybridized carbons (Fsp3) is 0.167. The van der Waals surface area contributed by atoms with Crippen molar-refractivity contribution in [3.63, 3.8) is 0 Å². The molecule has 0 unspecified atom stereocenters. The number of carbonyl (C=O) groups is 1. The Hall–Kier alpha value is -3.40. The van der Waals surface area contributed by atoms with Crippen LogP contribution in [-0.4, -0.2) is 19.2 Å². The third-order valence-corrected chi connectivity index (χ3v) is 3.17. The molecule has 1 amide bonds. The Morgan fingerprint density at radius 3 is 2.84 bits per heavy atom. The molecule has 0 bridgehead atoms. The number of nitrogens with one attached hydrogen (secondary N) is 1. The van der Waals surface area contributed by atoms with Crippen LogP contribution < -0.4 is 14.9 Å². The minimum Gasteiger partial charge on any atom is -0.493 e. The number of methoxy groups -OCH3 is 1. The lowest BCUT2D eigenvalue weighted by Crippen LogP contribution is -2.16. The van der Waals surface area contributed by atoms with Crippen molar-refractivity contribution in [2.45, 2.75) is 13.0 Å². The summed E-state index contributed by atoms with van der Waals surface area (Å²) in [5, 5.41) is 12.1. The fourth-order valence-corrected chi connectivity index (χ4v) is 1.94. The summed E-state index contributed by atoms with van der Waals surface area (Å²) in [4.78, 5) is 11.1. The van der Waals surface area contributed by atoms with Gasteiger partial charge in [-0.3, -0.25) is 4.79 Å². The molecule has 0 fully saturated rings. The van der Waals surface area contributed by atoms with Crippen LogP contribution in [0.1, 0.15) is 17.5 Å². The minimum absolute atomic E-state index is 0.0701. The van der Waals surface area contributed by atoms with E-state index in [0.717, 1.165) is 0 Å². The van der Waals surface area contributed by atoms with Crippen LogP contribution in [0, 0.1) is 17.1 Å². The minimum atomic E-state index is -0.490. The number of nitriles is 1. The number of halogens is 1. The molecule has 7 heteroatoms. The topological polar surface area (TPSA) is 83.7 Å². The lowest BCUT2D eigenvalue weighted by atomic mass is 10.2. The second kappa shape index (κ2) is 9.03. The van der Waals surface area contributed by atoms with E-state index in [9.17, 15) is 9.18 Å². The van der Waals surface area contributed by atoms with Gasteiger partial charge in [0.2, 0.25) is 0 Å². The highest BCUT2D eigenvalue weighted by molar-refractivity contribution is 5.83. The Morgan fingerprint density at radius 2 is 2.12 bits per heavy atom. The van der Waals surface area contributed by atoms with Gasteiger partial charge in [0.05, 0.1) is 19.4 Å². The van der Waals surface area contributed by atoms with Crippen LogP contribution in [0.25, 0.3) is 0 Å². The maximum atomic E-state index is 13.6. The van der Waals surface area contributed by atoms with Crippen molar-refractivity contribution in [1.82, 2.24) is 5.43 Å². The van der Waals surface area contributed by atoms with Crippen LogP contribution in [0.3, 0.4) is 0 Å². The van der Waals surface area contributed by atoms with Crippen molar-refractivity contribution in [2.24, 2.45) is 5.10 Å². The van der Waals surface area contributed by atoms with Crippen LogP contribution in [0.15, 0.2) is 47.6 Å². The summed E-state index contributed by atoms with van der Waals surface area (Å²) < 4.78 is 24.5. The predicted molar refractivity (Wildman–Crippen MR) is 89.7 cm³/mol. The largest absolute Gasteiger partial charge is 0.493 e. The summed E-state index contributed by atoms with van der Waals surface area (Å²) in [6.45, 7) is 0.0701. The predicted octanol–water partition coefficient (Wildman–Crippen LogP) is 2.78. The smallest absolute Gasteiger partial charge is 0.254 e. The molecule has 0 aromatic heterocycles. The maximum absolute atomic E-state index is 13.6. The van der Waals surface area contributed by atoms with E-state index in [4.69, 9.17) is 14.7 Å². The van der Waals surface area contributed by atoms with Crippen molar-refractivity contribution in [3.8, 4) is 17.6 Å². The molecule has 0 aliphatic carbocycles. The molecule has 0 heterocycles. The van der Waals surface area contributed by atoms with Crippen LogP contribution in [0.4, 0.5) is 4.39 Å². The normalized spacial score (nSPS) is 10.3. The molecule has 0 atom stereocenters. The molecule has 0 aliphatic heterocycles. The van der Waals surface area contributed by atoms with Gasteiger partial charge in [-0.05, 0) is 29.8 Å². The Balaban J connectivity index is 2.04. The molecular weight excluding hydrogens is 325 g/mol. The monoisotopic (exact) mass is 341 g/mol. The number of nitrogens with zero attached hydrogens (tertiary/aromatic N) is 2. The lowest BCUT2D eigenvalue weighted by molar-refractivity contribution is -0.120. The number of hydrogen-bond acceptors (Lipinski definition) is 5. The molecule has 1 N–H and O–H groups in total. The van der Waals surface area contributed by atoms with Gasteiger partial charge in [-0.2, -0.15) is 10.4 Å². The molecule has 0 saturated heterocycles. The molecule has 0 spiro atoms. The first kappa shape index (κ1) is 17.9. The van der Waals surface area contributed by atoms with E-state index in [-0.39, 0.29) is 18.8 Å². The Morgan fingerprint density at radius 1 is 1.32 bits per heavy atom. The second-order valence-corrected chi connectivity index (χ2v) is 4.92. The van der Waals surface area contributed by atoms with Crippen LogP contribution in [0.2, 0.25) is 0 Å². The zero-order valence-corrected chi connectivity index (χ0v) is 13.5. The van der Waals surface area contributed by atoms with Gasteiger partial charge in [0, 0.05) is 5.56 Å². The van der Waals surface area contributed by atoms with E-state index in [1.165, 1.54) is 19.4 Å². The number of benzene rings is 2. The van der Waals surface area contributed by atoms with Crippen LogP contribution in [0.5, 0.6) is 11.5 Å². The highest BCUT2D eigenvalue weighted by atomic mass is 19.1. The number of carbonyl (C=O) groups excluding carboxylic acids is 1. The van der Waals surface area contributed by atoms with Gasteiger partial charge in [0.1, 0.15) is 18.8 Å². The number of hydrazone groups is 1. The van der Waals surface area contributed by atoms with E-state index in [0.29, 0.717) is 22.6 Å². The van der Waals surface area contributed by atoms with E-state index in [2.05, 4.69) is 10.5 Å². The average Bonchev–Trinajstić information content (AvgIpc) is 2.62. The van der Waals surface area contributed by atoms with E-state index in [1.54, 1.807) is 42.5 Å². The molecule has 2 rings (SSSR count). The van der Waals surface area contributed by atoms with Gasteiger partial charge in [0.25, 0.3) is 5.91 Å². The highest BCUT2D eigenvalue weighted by Gasteiger charge is 2.07. The molecule has 0 aliphatic rings. The van der Waals surface area contributed by atoms with Gasteiger partial charge in [0.15, 0.2) is 11.5 Å². The van der Waals surface area contributed by atoms with E-state index < -0.39 is 5.91 Å². The second-order valence-electron chi connectivity index (χ2n) is 4.92. The van der Waals surface area contributed by atoms with E-state index >= 15 is 0 Å². The van der Waals surface area contributed by atoms with E-state index in [1.807, 2.05) is 0 Å². The summed E-state index contributed by atoms with van der Waals surface area (Å²) in [6.07, 6.45) is 1.15. The van der Waals surface area contributed by atoms with Crippen LogP contribution >= 0.6 is 0 Å². The molecule has 128 valence electrons. The van der Waals surface area contributed by atoms with Crippen molar-refractivity contribution >= 4 is 12.1 Å². The van der Waals surface area contributed by atoms with Gasteiger partial charge < -0.3 is 9.47 Å². The third kappa shape index (κ3) is 5.32. The first-order valence-electron chi connectivity index (χ1n) is 7.37. The summed E-state index contributed by atoms with van der Waals surface area (Å²) in [5.74, 6) is 0.0777. The Bertz CT molecular complexity index is 815. The molecule has 6 nitrogen and oxygen atoms in total. The number of ether oxygens (including phenoxy) is 2. The third-order valence-electron chi connectivity index (χ3n) is 3.17. The SMILES string of the molecule is COc1cc(/C=N/NC(=O)CC#N)ccc1OCc1ccccc1F. The average molecular weight is 341 g/mol. The quantitative estimate of drug-likeness (QED) is 0.620. The van der Waals surface area contributed by atoms with Crippen molar-refractivity contribution < 1.29 is 18.7 Å². The summed E-state index contributed by atoms with van der Waals surface area (Å²) >= 11 is 0. The van der Waals surface area contributed by atoms with Crippen molar-refractivity contribution in [1.29, 1.82) is 5.26 Å². The standard InChI is InChI=1S/C18H16FN3O3/c1-24-17-10-13(11-21-22-18(23)8-9-20)6-7-16(17)25-12-14-4-2-3-5-15(14)19/h2-7,10-11H,8,12H2,1H3,(H,22,23)/b21-11+. The molecular formula is C18H16FN3O3. The van der Waals surface area contributed by atoms with Gasteiger partial charge in [-0.15, -0.1) is 0 Å². The molecule has 0 radical (unpaired) electrons. The van der Waals surface area contributed by atoms with Crippen molar-refractivity contribution in [3.05, 3.63) is 59.4 Å². The number of rotatable bonds is 7.